The molecule has 0 bridgehead atoms. The van der Waals surface area contributed by atoms with Crippen molar-refractivity contribution in [3.63, 3.8) is 0 Å². The van der Waals surface area contributed by atoms with Crippen LogP contribution in [0.1, 0.15) is 18.4 Å². The summed E-state index contributed by atoms with van der Waals surface area (Å²) in [5, 5.41) is 11.7. The molecule has 0 spiro atoms. The molecule has 19 heavy (non-hydrogen) atoms. The van der Waals surface area contributed by atoms with Crippen molar-refractivity contribution in [2.45, 2.75) is 19.3 Å². The molecule has 1 aromatic carbocycles. The van der Waals surface area contributed by atoms with E-state index >= 15 is 0 Å². The van der Waals surface area contributed by atoms with Crippen LogP contribution in [0.5, 0.6) is 5.75 Å². The number of carboxylic acids is 1. The second kappa shape index (κ2) is 7.63. The molecule has 104 valence electrons. The van der Waals surface area contributed by atoms with Gasteiger partial charge in [-0.3, -0.25) is 9.59 Å². The molecule has 6 heteroatoms. The summed E-state index contributed by atoms with van der Waals surface area (Å²) in [5.41, 5.74) is 0.700. The summed E-state index contributed by atoms with van der Waals surface area (Å²) in [6, 6.07) is 5.07. The second-order valence-corrected chi connectivity index (χ2v) is 4.42. The summed E-state index contributed by atoms with van der Waals surface area (Å²) >= 11 is 5.87. The number of halogens is 1. The molecular formula is C13H16ClNO4. The van der Waals surface area contributed by atoms with Crippen LogP contribution in [0.25, 0.3) is 0 Å². The van der Waals surface area contributed by atoms with E-state index in [-0.39, 0.29) is 18.7 Å². The fourth-order valence-corrected chi connectivity index (χ4v) is 1.78. The zero-order valence-electron chi connectivity index (χ0n) is 10.6. The van der Waals surface area contributed by atoms with Crippen molar-refractivity contribution < 1.29 is 19.4 Å². The molecular weight excluding hydrogens is 270 g/mol. The maximum atomic E-state index is 11.7. The van der Waals surface area contributed by atoms with E-state index < -0.39 is 5.97 Å². The lowest BCUT2D eigenvalue weighted by Crippen LogP contribution is -2.26. The number of ether oxygens (including phenoxy) is 1. The molecule has 0 aliphatic heterocycles. The number of benzene rings is 1. The number of carboxylic acid groups (broad SMARTS) is 1. The van der Waals surface area contributed by atoms with Gasteiger partial charge in [-0.2, -0.15) is 0 Å². The number of rotatable bonds is 7. The lowest BCUT2D eigenvalue weighted by Gasteiger charge is -2.09. The summed E-state index contributed by atoms with van der Waals surface area (Å²) in [5.74, 6) is -0.457. The summed E-state index contributed by atoms with van der Waals surface area (Å²) < 4.78 is 5.14. The molecule has 0 saturated heterocycles. The summed E-state index contributed by atoms with van der Waals surface area (Å²) in [6.45, 7) is 0.341. The van der Waals surface area contributed by atoms with E-state index in [9.17, 15) is 9.59 Å². The minimum atomic E-state index is -0.870. The first-order chi connectivity index (χ1) is 9.02. The Bertz CT molecular complexity index is 462. The van der Waals surface area contributed by atoms with Crippen molar-refractivity contribution in [1.82, 2.24) is 5.32 Å². The highest BCUT2D eigenvalue weighted by Gasteiger charge is 2.09. The van der Waals surface area contributed by atoms with Crippen LogP contribution in [0, 0.1) is 0 Å². The van der Waals surface area contributed by atoms with Crippen LogP contribution in [0.4, 0.5) is 0 Å². The van der Waals surface area contributed by atoms with E-state index in [2.05, 4.69) is 5.32 Å². The van der Waals surface area contributed by atoms with Gasteiger partial charge in [-0.15, -0.1) is 0 Å². The Labute approximate surface area is 116 Å². The molecule has 1 amide bonds. The number of aliphatic carboxylic acids is 1. The van der Waals surface area contributed by atoms with Crippen molar-refractivity contribution in [1.29, 1.82) is 0 Å². The number of methoxy groups -OCH3 is 1. The molecule has 1 aromatic rings. The fourth-order valence-electron chi connectivity index (χ4n) is 1.59. The van der Waals surface area contributed by atoms with Crippen molar-refractivity contribution in [3.05, 3.63) is 28.8 Å². The zero-order valence-corrected chi connectivity index (χ0v) is 11.4. The van der Waals surface area contributed by atoms with Crippen LogP contribution >= 0.6 is 11.6 Å². The lowest BCUT2D eigenvalue weighted by molar-refractivity contribution is -0.137. The van der Waals surface area contributed by atoms with Gasteiger partial charge in [-0.1, -0.05) is 11.6 Å². The SMILES string of the molecule is COc1ccc(Cl)cc1CC(=O)NCCCC(=O)O. The van der Waals surface area contributed by atoms with Gasteiger partial charge >= 0.3 is 5.97 Å². The van der Waals surface area contributed by atoms with E-state index in [0.29, 0.717) is 29.3 Å². The minimum absolute atomic E-state index is 0.0424. The third-order valence-corrected chi connectivity index (χ3v) is 2.72. The maximum absolute atomic E-state index is 11.7. The number of hydrogen-bond donors (Lipinski definition) is 2. The highest BCUT2D eigenvalue weighted by molar-refractivity contribution is 6.30. The van der Waals surface area contributed by atoms with Gasteiger partial charge in [0.25, 0.3) is 0 Å². The number of carbonyl (C=O) groups is 2. The first kappa shape index (κ1) is 15.3. The Morgan fingerprint density at radius 1 is 1.42 bits per heavy atom. The molecule has 0 heterocycles. The monoisotopic (exact) mass is 285 g/mol. The molecule has 0 aromatic heterocycles. The smallest absolute Gasteiger partial charge is 0.303 e. The van der Waals surface area contributed by atoms with Crippen LogP contribution in [-0.2, 0) is 16.0 Å². The van der Waals surface area contributed by atoms with Crippen molar-refractivity contribution in [3.8, 4) is 5.75 Å². The number of nitrogens with one attached hydrogen (secondary N) is 1. The fraction of sp³-hybridized carbons (Fsp3) is 0.385. The van der Waals surface area contributed by atoms with Crippen molar-refractivity contribution >= 4 is 23.5 Å². The summed E-state index contributed by atoms with van der Waals surface area (Å²) in [6.07, 6.45) is 0.603. The Morgan fingerprint density at radius 3 is 2.79 bits per heavy atom. The van der Waals surface area contributed by atoms with E-state index in [0.717, 1.165) is 0 Å². The summed E-state index contributed by atoms with van der Waals surface area (Å²) in [4.78, 5) is 22.0. The topological polar surface area (TPSA) is 75.6 Å². The minimum Gasteiger partial charge on any atom is -0.496 e. The largest absolute Gasteiger partial charge is 0.496 e. The van der Waals surface area contributed by atoms with Crippen molar-refractivity contribution in [2.24, 2.45) is 0 Å². The highest BCUT2D eigenvalue weighted by atomic mass is 35.5. The molecule has 1 rings (SSSR count). The van der Waals surface area contributed by atoms with Gasteiger partial charge in [-0.05, 0) is 24.6 Å². The third-order valence-electron chi connectivity index (χ3n) is 2.48. The van der Waals surface area contributed by atoms with Gasteiger partial charge < -0.3 is 15.2 Å². The number of amides is 1. The standard InChI is InChI=1S/C13H16ClNO4/c1-19-11-5-4-10(14)7-9(11)8-12(16)15-6-2-3-13(17)18/h4-5,7H,2-3,6,8H2,1H3,(H,15,16)(H,17,18). The second-order valence-electron chi connectivity index (χ2n) is 3.98. The molecule has 0 radical (unpaired) electrons. The zero-order chi connectivity index (χ0) is 14.3. The number of carbonyl (C=O) groups excluding carboxylic acids is 1. The van der Waals surface area contributed by atoms with Gasteiger partial charge in [0.1, 0.15) is 5.75 Å². The van der Waals surface area contributed by atoms with Crippen LogP contribution in [0.3, 0.4) is 0 Å². The van der Waals surface area contributed by atoms with E-state index in [1.165, 1.54) is 7.11 Å². The Hall–Kier alpha value is -1.75. The van der Waals surface area contributed by atoms with Gasteiger partial charge in [0.15, 0.2) is 0 Å². The van der Waals surface area contributed by atoms with Gasteiger partial charge in [0.05, 0.1) is 13.5 Å². The molecule has 2 N–H and O–H groups in total. The molecule has 0 saturated carbocycles. The predicted octanol–water partition coefficient (Wildman–Crippen LogP) is 1.87. The van der Waals surface area contributed by atoms with Crippen LogP contribution in [-0.4, -0.2) is 30.6 Å². The van der Waals surface area contributed by atoms with Crippen LogP contribution in [0.15, 0.2) is 18.2 Å². The molecule has 0 unspecified atom stereocenters. The highest BCUT2D eigenvalue weighted by Crippen LogP contribution is 2.22. The normalized spacial score (nSPS) is 10.0. The molecule has 0 aliphatic rings. The average Bonchev–Trinajstić information content (AvgIpc) is 2.35. The molecule has 0 aliphatic carbocycles. The molecule has 0 atom stereocenters. The van der Waals surface area contributed by atoms with E-state index in [1.54, 1.807) is 18.2 Å². The van der Waals surface area contributed by atoms with E-state index in [4.69, 9.17) is 21.4 Å². The molecule has 5 nitrogen and oxygen atoms in total. The van der Waals surface area contributed by atoms with Gasteiger partial charge in [0, 0.05) is 23.6 Å². The summed E-state index contributed by atoms with van der Waals surface area (Å²) in [7, 11) is 1.53. The van der Waals surface area contributed by atoms with Crippen LogP contribution < -0.4 is 10.1 Å². The van der Waals surface area contributed by atoms with Crippen molar-refractivity contribution in [2.75, 3.05) is 13.7 Å². The van der Waals surface area contributed by atoms with Crippen LogP contribution in [0.2, 0.25) is 5.02 Å². The Kier molecular flexibility index (Phi) is 6.15. The quantitative estimate of drug-likeness (QED) is 0.750. The van der Waals surface area contributed by atoms with E-state index in [1.807, 2.05) is 0 Å². The van der Waals surface area contributed by atoms with Gasteiger partial charge in [-0.25, -0.2) is 0 Å². The predicted molar refractivity (Wildman–Crippen MR) is 71.6 cm³/mol. The molecule has 0 fully saturated rings. The average molecular weight is 286 g/mol. The Balaban J connectivity index is 2.47. The Morgan fingerprint density at radius 2 is 2.16 bits per heavy atom. The maximum Gasteiger partial charge on any atom is 0.303 e. The first-order valence-corrected chi connectivity index (χ1v) is 6.21. The first-order valence-electron chi connectivity index (χ1n) is 5.84. The number of hydrogen-bond acceptors (Lipinski definition) is 3. The van der Waals surface area contributed by atoms with Gasteiger partial charge in [0.2, 0.25) is 5.91 Å². The third kappa shape index (κ3) is 5.61. The lowest BCUT2D eigenvalue weighted by atomic mass is 10.1.